The zero-order chi connectivity index (χ0) is 14.9. The molecule has 0 N–H and O–H groups in total. The molecule has 2 fully saturated rings. The van der Waals surface area contributed by atoms with Crippen molar-refractivity contribution in [1.29, 1.82) is 0 Å². The Hall–Kier alpha value is -0.770. The number of piperidine rings is 1. The molecule has 2 aliphatic rings. The second kappa shape index (κ2) is 6.15. The zero-order valence-electron chi connectivity index (χ0n) is 12.9. The third-order valence-corrected chi connectivity index (χ3v) is 5.88. The Morgan fingerprint density at radius 3 is 2.48 bits per heavy atom. The van der Waals surface area contributed by atoms with Gasteiger partial charge >= 0.3 is 0 Å². The molecule has 1 amide bonds. The standard InChI is InChI=1S/C17H25BrN2O/c1-2-19-13-14(18)12-15(19)16(21)20-10-8-17(9-11-20)6-4-3-5-7-17/h12-13H,2-11H2,1H3. The number of amides is 1. The third kappa shape index (κ3) is 3.05. The highest BCUT2D eigenvalue weighted by atomic mass is 79.9. The van der Waals surface area contributed by atoms with Gasteiger partial charge in [0.15, 0.2) is 0 Å². The van der Waals surface area contributed by atoms with Crippen molar-refractivity contribution >= 4 is 21.8 Å². The lowest BCUT2D eigenvalue weighted by Gasteiger charge is -2.44. The number of halogens is 1. The molecular formula is C17H25BrN2O. The number of nitrogens with zero attached hydrogens (tertiary/aromatic N) is 2. The topological polar surface area (TPSA) is 25.2 Å². The summed E-state index contributed by atoms with van der Waals surface area (Å²) in [6, 6.07) is 1.96. The Morgan fingerprint density at radius 2 is 1.86 bits per heavy atom. The zero-order valence-corrected chi connectivity index (χ0v) is 14.5. The van der Waals surface area contributed by atoms with Crippen molar-refractivity contribution in [3.05, 3.63) is 22.4 Å². The largest absolute Gasteiger partial charge is 0.343 e. The van der Waals surface area contributed by atoms with Crippen molar-refractivity contribution in [2.75, 3.05) is 13.1 Å². The maximum absolute atomic E-state index is 12.7. The van der Waals surface area contributed by atoms with Crippen molar-refractivity contribution in [3.63, 3.8) is 0 Å². The lowest BCUT2D eigenvalue weighted by atomic mass is 9.68. The number of carbonyl (C=O) groups is 1. The van der Waals surface area contributed by atoms with Crippen LogP contribution in [0, 0.1) is 5.41 Å². The summed E-state index contributed by atoms with van der Waals surface area (Å²) in [6.45, 7) is 4.79. The average molecular weight is 353 g/mol. The monoisotopic (exact) mass is 352 g/mol. The van der Waals surface area contributed by atoms with Crippen LogP contribution in [0.4, 0.5) is 0 Å². The summed E-state index contributed by atoms with van der Waals surface area (Å²) in [5.74, 6) is 0.202. The summed E-state index contributed by atoms with van der Waals surface area (Å²) in [5, 5.41) is 0. The van der Waals surface area contributed by atoms with Gasteiger partial charge in [0, 0.05) is 30.3 Å². The Kier molecular flexibility index (Phi) is 4.43. The van der Waals surface area contributed by atoms with Crippen LogP contribution in [0.25, 0.3) is 0 Å². The van der Waals surface area contributed by atoms with Gasteiger partial charge in [0.1, 0.15) is 5.69 Å². The molecule has 21 heavy (non-hydrogen) atoms. The first-order valence-electron chi connectivity index (χ1n) is 8.28. The minimum atomic E-state index is 0.202. The van der Waals surface area contributed by atoms with Crippen LogP contribution in [0.2, 0.25) is 0 Å². The van der Waals surface area contributed by atoms with E-state index >= 15 is 0 Å². The van der Waals surface area contributed by atoms with E-state index in [0.717, 1.165) is 29.8 Å². The van der Waals surface area contributed by atoms with Gasteiger partial charge in [-0.3, -0.25) is 4.79 Å². The molecule has 2 heterocycles. The first-order valence-corrected chi connectivity index (χ1v) is 9.08. The Morgan fingerprint density at radius 1 is 1.19 bits per heavy atom. The second-order valence-corrected chi connectivity index (χ2v) is 7.60. The summed E-state index contributed by atoms with van der Waals surface area (Å²) in [7, 11) is 0. The molecule has 1 aliphatic heterocycles. The fourth-order valence-corrected chi connectivity index (χ4v) is 4.53. The predicted molar refractivity (Wildman–Crippen MR) is 88.5 cm³/mol. The first kappa shape index (κ1) is 15.1. The fourth-order valence-electron chi connectivity index (χ4n) is 4.06. The molecule has 1 saturated heterocycles. The highest BCUT2D eigenvalue weighted by Crippen LogP contribution is 2.44. The van der Waals surface area contributed by atoms with E-state index in [1.165, 1.54) is 44.9 Å². The molecule has 0 aromatic carbocycles. The van der Waals surface area contributed by atoms with Gasteiger partial charge in [-0.15, -0.1) is 0 Å². The number of aryl methyl sites for hydroxylation is 1. The van der Waals surface area contributed by atoms with Gasteiger partial charge in [0.05, 0.1) is 0 Å². The minimum absolute atomic E-state index is 0.202. The lowest BCUT2D eigenvalue weighted by Crippen LogP contribution is -2.44. The van der Waals surface area contributed by atoms with Crippen molar-refractivity contribution in [3.8, 4) is 0 Å². The number of rotatable bonds is 2. The van der Waals surface area contributed by atoms with E-state index in [-0.39, 0.29) is 5.91 Å². The van der Waals surface area contributed by atoms with Gasteiger partial charge in [-0.1, -0.05) is 19.3 Å². The summed E-state index contributed by atoms with van der Waals surface area (Å²) in [6.07, 6.45) is 11.3. The van der Waals surface area contributed by atoms with Crippen LogP contribution in [-0.4, -0.2) is 28.5 Å². The molecule has 4 heteroatoms. The highest BCUT2D eigenvalue weighted by molar-refractivity contribution is 9.10. The summed E-state index contributed by atoms with van der Waals surface area (Å²) in [4.78, 5) is 14.8. The average Bonchev–Trinajstić information content (AvgIpc) is 2.89. The van der Waals surface area contributed by atoms with Crippen molar-refractivity contribution in [2.24, 2.45) is 5.41 Å². The number of hydrogen-bond acceptors (Lipinski definition) is 1. The molecule has 1 aromatic rings. The minimum Gasteiger partial charge on any atom is -0.343 e. The maximum atomic E-state index is 12.7. The van der Waals surface area contributed by atoms with Crippen molar-refractivity contribution in [1.82, 2.24) is 9.47 Å². The number of carbonyl (C=O) groups excluding carboxylic acids is 1. The Balaban J connectivity index is 1.67. The van der Waals surface area contributed by atoms with Gasteiger partial charge in [-0.25, -0.2) is 0 Å². The van der Waals surface area contributed by atoms with Crippen LogP contribution in [0.3, 0.4) is 0 Å². The molecule has 3 rings (SSSR count). The third-order valence-electron chi connectivity index (χ3n) is 5.45. The molecule has 1 spiro atoms. The van der Waals surface area contributed by atoms with E-state index in [2.05, 4.69) is 27.8 Å². The van der Waals surface area contributed by atoms with Crippen molar-refractivity contribution < 1.29 is 4.79 Å². The van der Waals surface area contributed by atoms with Gasteiger partial charge in [-0.05, 0) is 60.0 Å². The SMILES string of the molecule is CCn1cc(Br)cc1C(=O)N1CCC2(CCCCC2)CC1. The van der Waals surface area contributed by atoms with E-state index in [0.29, 0.717) is 5.41 Å². The molecule has 3 nitrogen and oxygen atoms in total. The number of aromatic nitrogens is 1. The van der Waals surface area contributed by atoms with Crippen LogP contribution in [-0.2, 0) is 6.54 Å². The Labute approximate surface area is 135 Å². The highest BCUT2D eigenvalue weighted by Gasteiger charge is 2.37. The summed E-state index contributed by atoms with van der Waals surface area (Å²) in [5.41, 5.74) is 1.38. The maximum Gasteiger partial charge on any atom is 0.270 e. The van der Waals surface area contributed by atoms with Gasteiger partial charge in [0.2, 0.25) is 0 Å². The van der Waals surface area contributed by atoms with Crippen LogP contribution >= 0.6 is 15.9 Å². The molecule has 0 unspecified atom stereocenters. The Bertz CT molecular complexity index is 507. The van der Waals surface area contributed by atoms with E-state index < -0.39 is 0 Å². The van der Waals surface area contributed by atoms with Crippen molar-refractivity contribution in [2.45, 2.75) is 58.4 Å². The van der Waals surface area contributed by atoms with Gasteiger partial charge in [-0.2, -0.15) is 0 Å². The van der Waals surface area contributed by atoms with Gasteiger partial charge < -0.3 is 9.47 Å². The summed E-state index contributed by atoms with van der Waals surface area (Å²) < 4.78 is 3.03. The lowest BCUT2D eigenvalue weighted by molar-refractivity contribution is 0.0463. The molecule has 1 aliphatic carbocycles. The summed E-state index contributed by atoms with van der Waals surface area (Å²) >= 11 is 3.48. The normalized spacial score (nSPS) is 21.7. The van der Waals surface area contributed by atoms with E-state index in [1.54, 1.807) is 0 Å². The quantitative estimate of drug-likeness (QED) is 0.771. The first-order chi connectivity index (χ1) is 10.1. The van der Waals surface area contributed by atoms with Gasteiger partial charge in [0.25, 0.3) is 5.91 Å². The molecule has 0 radical (unpaired) electrons. The van der Waals surface area contributed by atoms with Crippen LogP contribution in [0.5, 0.6) is 0 Å². The molecule has 0 atom stereocenters. The molecule has 0 bridgehead atoms. The van der Waals surface area contributed by atoms with Crippen LogP contribution in [0.15, 0.2) is 16.7 Å². The van der Waals surface area contributed by atoms with Crippen LogP contribution in [0.1, 0.15) is 62.4 Å². The molecule has 1 saturated carbocycles. The number of hydrogen-bond donors (Lipinski definition) is 0. The van der Waals surface area contributed by atoms with Crippen LogP contribution < -0.4 is 0 Å². The predicted octanol–water partition coefficient (Wildman–Crippen LogP) is 4.46. The molecule has 116 valence electrons. The van der Waals surface area contributed by atoms with E-state index in [1.807, 2.05) is 16.8 Å². The fraction of sp³-hybridized carbons (Fsp3) is 0.706. The number of likely N-dealkylation sites (tertiary alicyclic amines) is 1. The molecular weight excluding hydrogens is 328 g/mol. The smallest absolute Gasteiger partial charge is 0.270 e. The molecule has 1 aromatic heterocycles. The van der Waals surface area contributed by atoms with E-state index in [4.69, 9.17) is 0 Å². The van der Waals surface area contributed by atoms with E-state index in [9.17, 15) is 4.79 Å². The second-order valence-electron chi connectivity index (χ2n) is 6.68.